The second kappa shape index (κ2) is 7.34. The van der Waals surface area contributed by atoms with E-state index < -0.39 is 5.60 Å². The zero-order valence-corrected chi connectivity index (χ0v) is 20.6. The van der Waals surface area contributed by atoms with Crippen LogP contribution in [0.4, 0.5) is 4.79 Å². The Morgan fingerprint density at radius 1 is 1.12 bits per heavy atom. The molecule has 3 aliphatic rings. The first kappa shape index (κ1) is 22.5. The Bertz CT molecular complexity index is 1040. The van der Waals surface area contributed by atoms with Crippen molar-refractivity contribution in [1.29, 1.82) is 0 Å². The lowest BCUT2D eigenvalue weighted by molar-refractivity contribution is 0.00578. The normalized spacial score (nSPS) is 27.5. The van der Waals surface area contributed by atoms with Gasteiger partial charge in [-0.3, -0.25) is 4.90 Å². The van der Waals surface area contributed by atoms with Crippen molar-refractivity contribution in [3.05, 3.63) is 36.3 Å². The monoisotopic (exact) mass is 451 g/mol. The van der Waals surface area contributed by atoms with Crippen LogP contribution in [-0.2, 0) is 14.0 Å². The highest BCUT2D eigenvalue weighted by Crippen LogP contribution is 2.53. The molecule has 3 heterocycles. The van der Waals surface area contributed by atoms with E-state index in [1.807, 2.05) is 56.1 Å². The number of amides is 1. The van der Waals surface area contributed by atoms with Crippen LogP contribution in [0.2, 0.25) is 0 Å². The lowest BCUT2D eigenvalue weighted by atomic mass is 9.79. The van der Waals surface area contributed by atoms with Crippen molar-refractivity contribution in [3.63, 3.8) is 0 Å². The molecule has 2 saturated heterocycles. The van der Waals surface area contributed by atoms with Crippen LogP contribution in [0.5, 0.6) is 0 Å². The van der Waals surface area contributed by atoms with E-state index in [4.69, 9.17) is 19.0 Å². The van der Waals surface area contributed by atoms with Gasteiger partial charge >= 0.3 is 13.2 Å². The molecule has 1 saturated carbocycles. The molecule has 2 aliphatic heterocycles. The van der Waals surface area contributed by atoms with Crippen molar-refractivity contribution in [2.45, 2.75) is 90.2 Å². The van der Waals surface area contributed by atoms with Crippen LogP contribution >= 0.6 is 0 Å². The SMILES string of the molecule is CC(C)(C)OC(=O)N1[C@@H](c2nc(-c3ccc(B4OC(C)(C)C(C)(C)O4)cc3)c[nH]2)C[C@@H]2C[C@@H]21. The number of carbonyl (C=O) groups is 1. The average molecular weight is 451 g/mol. The molecule has 1 amide bonds. The fourth-order valence-electron chi connectivity index (χ4n) is 4.72. The van der Waals surface area contributed by atoms with Gasteiger partial charge in [0.05, 0.1) is 22.9 Å². The number of nitrogens with one attached hydrogen (secondary N) is 1. The lowest BCUT2D eigenvalue weighted by Gasteiger charge is -2.32. The van der Waals surface area contributed by atoms with Crippen molar-refractivity contribution in [3.8, 4) is 11.3 Å². The first-order valence-corrected chi connectivity index (χ1v) is 11.9. The predicted octanol–water partition coefficient (Wildman–Crippen LogP) is 4.45. The zero-order valence-electron chi connectivity index (χ0n) is 20.6. The van der Waals surface area contributed by atoms with E-state index in [0.29, 0.717) is 5.92 Å². The number of imidazole rings is 1. The number of nitrogens with zero attached hydrogens (tertiary/aromatic N) is 2. The van der Waals surface area contributed by atoms with Crippen LogP contribution in [0.25, 0.3) is 11.3 Å². The standard InChI is InChI=1S/C25H34BN3O4/c1-23(2,3)31-22(30)29-19-12-16(19)13-20(29)21-27-14-18(28-21)15-8-10-17(11-9-15)26-32-24(4,5)25(6,7)33-26/h8-11,14,16,19-20H,12-13H2,1-7H3,(H,27,28)/t16-,19-,20+/m0/s1. The highest BCUT2D eigenvalue weighted by atomic mass is 16.7. The van der Waals surface area contributed by atoms with Gasteiger partial charge in [0.2, 0.25) is 0 Å². The predicted molar refractivity (Wildman–Crippen MR) is 127 cm³/mol. The second-order valence-electron chi connectivity index (χ2n) is 11.6. The van der Waals surface area contributed by atoms with E-state index in [9.17, 15) is 4.79 Å². The van der Waals surface area contributed by atoms with Crippen molar-refractivity contribution in [2.24, 2.45) is 5.92 Å². The summed E-state index contributed by atoms with van der Waals surface area (Å²) in [5.74, 6) is 1.37. The molecule has 2 aromatic rings. The molecule has 7 nitrogen and oxygen atoms in total. The topological polar surface area (TPSA) is 76.7 Å². The average Bonchev–Trinajstić information content (AvgIpc) is 3.07. The Morgan fingerprint density at radius 3 is 2.36 bits per heavy atom. The molecule has 5 rings (SSSR count). The molecule has 1 aromatic carbocycles. The molecule has 176 valence electrons. The first-order chi connectivity index (χ1) is 15.3. The van der Waals surface area contributed by atoms with Crippen LogP contribution in [0.3, 0.4) is 0 Å². The van der Waals surface area contributed by atoms with E-state index in [1.54, 1.807) is 0 Å². The Morgan fingerprint density at radius 2 is 1.76 bits per heavy atom. The number of rotatable bonds is 3. The number of likely N-dealkylation sites (tertiary alicyclic amines) is 1. The van der Waals surface area contributed by atoms with Gasteiger partial charge in [0.15, 0.2) is 0 Å². The number of ether oxygens (including phenoxy) is 1. The third-order valence-electron chi connectivity index (χ3n) is 7.35. The molecule has 0 radical (unpaired) electrons. The smallest absolute Gasteiger partial charge is 0.444 e. The summed E-state index contributed by atoms with van der Waals surface area (Å²) in [6.45, 7) is 13.9. The number of carbonyl (C=O) groups excluding carboxylic acids is 1. The number of benzene rings is 1. The summed E-state index contributed by atoms with van der Waals surface area (Å²) in [6.07, 6.45) is 3.65. The van der Waals surface area contributed by atoms with Crippen LogP contribution in [0.1, 0.15) is 73.2 Å². The van der Waals surface area contributed by atoms with E-state index in [1.165, 1.54) is 0 Å². The maximum Gasteiger partial charge on any atom is 0.494 e. The third-order valence-corrected chi connectivity index (χ3v) is 7.35. The second-order valence-corrected chi connectivity index (χ2v) is 11.6. The summed E-state index contributed by atoms with van der Waals surface area (Å²) in [6, 6.07) is 8.35. The van der Waals surface area contributed by atoms with E-state index >= 15 is 0 Å². The minimum atomic E-state index is -0.512. The van der Waals surface area contributed by atoms with Crippen LogP contribution < -0.4 is 5.46 Å². The molecule has 1 aromatic heterocycles. The summed E-state index contributed by atoms with van der Waals surface area (Å²) < 4.78 is 18.0. The van der Waals surface area contributed by atoms with Crippen LogP contribution in [-0.4, -0.2) is 50.9 Å². The van der Waals surface area contributed by atoms with E-state index in [2.05, 4.69) is 32.7 Å². The number of aromatic amines is 1. The number of hydrogen-bond donors (Lipinski definition) is 1. The third kappa shape index (κ3) is 4.08. The van der Waals surface area contributed by atoms with Gasteiger partial charge in [-0.15, -0.1) is 0 Å². The quantitative estimate of drug-likeness (QED) is 0.698. The maximum absolute atomic E-state index is 12.9. The first-order valence-electron chi connectivity index (χ1n) is 11.9. The Balaban J connectivity index is 1.32. The van der Waals surface area contributed by atoms with Gasteiger partial charge in [-0.25, -0.2) is 9.78 Å². The number of piperidine rings is 1. The summed E-state index contributed by atoms with van der Waals surface area (Å²) in [5.41, 5.74) is 1.60. The molecule has 3 atom stereocenters. The van der Waals surface area contributed by atoms with Gasteiger partial charge in [-0.2, -0.15) is 0 Å². The summed E-state index contributed by atoms with van der Waals surface area (Å²) in [5, 5.41) is 0. The number of fused-ring (bicyclic) bond motifs is 1. The van der Waals surface area contributed by atoms with Crippen molar-refractivity contribution < 1.29 is 18.8 Å². The van der Waals surface area contributed by atoms with Gasteiger partial charge in [0, 0.05) is 17.8 Å². The summed E-state index contributed by atoms with van der Waals surface area (Å²) in [7, 11) is -0.383. The molecular formula is C25H34BN3O4. The Kier molecular flexibility index (Phi) is 5.00. The zero-order chi connectivity index (χ0) is 23.8. The van der Waals surface area contributed by atoms with E-state index in [-0.39, 0.29) is 36.5 Å². The largest absolute Gasteiger partial charge is 0.494 e. The Labute approximate surface area is 196 Å². The summed E-state index contributed by atoms with van der Waals surface area (Å²) >= 11 is 0. The molecule has 8 heteroatoms. The fraction of sp³-hybridized carbons (Fsp3) is 0.600. The molecule has 1 N–H and O–H groups in total. The summed E-state index contributed by atoms with van der Waals surface area (Å²) in [4.78, 5) is 22.9. The fourth-order valence-corrected chi connectivity index (χ4v) is 4.72. The highest BCUT2D eigenvalue weighted by molar-refractivity contribution is 6.62. The van der Waals surface area contributed by atoms with Crippen molar-refractivity contribution in [2.75, 3.05) is 0 Å². The van der Waals surface area contributed by atoms with Crippen molar-refractivity contribution in [1.82, 2.24) is 14.9 Å². The number of aromatic nitrogens is 2. The molecule has 0 spiro atoms. The number of hydrogen-bond acceptors (Lipinski definition) is 5. The molecule has 0 unspecified atom stereocenters. The van der Waals surface area contributed by atoms with Gasteiger partial charge in [0.1, 0.15) is 11.4 Å². The van der Waals surface area contributed by atoms with Gasteiger partial charge in [0.25, 0.3) is 0 Å². The van der Waals surface area contributed by atoms with Gasteiger partial charge in [-0.05, 0) is 72.7 Å². The molecule has 1 aliphatic carbocycles. The number of H-pyrrole nitrogens is 1. The minimum Gasteiger partial charge on any atom is -0.444 e. The molecular weight excluding hydrogens is 417 g/mol. The highest BCUT2D eigenvalue weighted by Gasteiger charge is 2.56. The van der Waals surface area contributed by atoms with Crippen LogP contribution in [0, 0.1) is 5.92 Å². The van der Waals surface area contributed by atoms with Gasteiger partial charge < -0.3 is 19.0 Å². The van der Waals surface area contributed by atoms with Crippen LogP contribution in [0.15, 0.2) is 30.5 Å². The maximum atomic E-state index is 12.9. The van der Waals surface area contributed by atoms with Crippen molar-refractivity contribution >= 4 is 18.7 Å². The Hall–Kier alpha value is -2.32. The lowest BCUT2D eigenvalue weighted by Crippen LogP contribution is -2.41. The molecule has 3 fully saturated rings. The minimum absolute atomic E-state index is 0.0682. The van der Waals surface area contributed by atoms with Gasteiger partial charge in [-0.1, -0.05) is 24.3 Å². The van der Waals surface area contributed by atoms with E-state index in [0.717, 1.165) is 35.4 Å². The molecule has 33 heavy (non-hydrogen) atoms. The molecule has 0 bridgehead atoms.